The third-order valence-electron chi connectivity index (χ3n) is 2.25. The summed E-state index contributed by atoms with van der Waals surface area (Å²) in [5.41, 5.74) is 2.88. The van der Waals surface area contributed by atoms with E-state index in [1.165, 1.54) is 0 Å². The van der Waals surface area contributed by atoms with Gasteiger partial charge in [-0.3, -0.25) is 4.98 Å². The maximum Gasteiger partial charge on any atom is 0.137 e. The van der Waals surface area contributed by atoms with Gasteiger partial charge in [0.2, 0.25) is 0 Å². The van der Waals surface area contributed by atoms with Gasteiger partial charge in [0.25, 0.3) is 0 Å². The fourth-order valence-electron chi connectivity index (χ4n) is 1.51. The van der Waals surface area contributed by atoms with Crippen LogP contribution in [0.3, 0.4) is 0 Å². The second-order valence-electron chi connectivity index (χ2n) is 3.13. The maximum absolute atomic E-state index is 5.15. The van der Waals surface area contributed by atoms with Crippen molar-refractivity contribution in [3.8, 4) is 11.4 Å². The monoisotopic (exact) mass is 188 g/mol. The molecule has 0 saturated heterocycles. The molecule has 0 fully saturated rings. The number of rotatable bonds is 2. The average molecular weight is 188 g/mol. The highest BCUT2D eigenvalue weighted by molar-refractivity contribution is 5.58. The molecule has 2 rings (SSSR count). The van der Waals surface area contributed by atoms with Crippen LogP contribution in [-0.2, 0) is 6.42 Å². The molecule has 0 aliphatic heterocycles. The molecular weight excluding hydrogens is 176 g/mol. The molecule has 0 aliphatic rings. The summed E-state index contributed by atoms with van der Waals surface area (Å²) < 4.78 is 5.15. The zero-order chi connectivity index (χ0) is 9.97. The van der Waals surface area contributed by atoms with E-state index in [1.54, 1.807) is 6.20 Å². The van der Waals surface area contributed by atoms with Crippen molar-refractivity contribution in [2.24, 2.45) is 0 Å². The molecule has 14 heavy (non-hydrogen) atoms. The van der Waals surface area contributed by atoms with Crippen molar-refractivity contribution >= 4 is 0 Å². The fraction of sp³-hybridized carbons (Fsp3) is 0.273. The highest BCUT2D eigenvalue weighted by Gasteiger charge is 2.12. The van der Waals surface area contributed by atoms with E-state index in [2.05, 4.69) is 17.1 Å². The lowest BCUT2D eigenvalue weighted by molar-refractivity contribution is 0.398. The molecule has 0 aromatic carbocycles. The first kappa shape index (κ1) is 8.94. The Labute approximate surface area is 82.8 Å². The van der Waals surface area contributed by atoms with Gasteiger partial charge in [0, 0.05) is 11.8 Å². The van der Waals surface area contributed by atoms with Crippen molar-refractivity contribution < 1.29 is 4.52 Å². The average Bonchev–Trinajstić information content (AvgIpc) is 2.61. The molecule has 0 saturated carbocycles. The molecule has 2 aromatic rings. The zero-order valence-electron chi connectivity index (χ0n) is 8.32. The number of aromatic nitrogens is 2. The summed E-state index contributed by atoms with van der Waals surface area (Å²) in [5.74, 6) is 0.883. The summed E-state index contributed by atoms with van der Waals surface area (Å²) >= 11 is 0. The van der Waals surface area contributed by atoms with Gasteiger partial charge in [-0.2, -0.15) is 0 Å². The third-order valence-corrected chi connectivity index (χ3v) is 2.25. The van der Waals surface area contributed by atoms with Crippen LogP contribution in [0.4, 0.5) is 0 Å². The summed E-state index contributed by atoms with van der Waals surface area (Å²) in [6.07, 6.45) is 2.68. The fourth-order valence-corrected chi connectivity index (χ4v) is 1.51. The van der Waals surface area contributed by atoms with Crippen LogP contribution >= 0.6 is 0 Å². The van der Waals surface area contributed by atoms with Gasteiger partial charge in [0.1, 0.15) is 11.5 Å². The van der Waals surface area contributed by atoms with Gasteiger partial charge in [-0.1, -0.05) is 18.1 Å². The quantitative estimate of drug-likeness (QED) is 0.727. The summed E-state index contributed by atoms with van der Waals surface area (Å²) in [6, 6.07) is 5.78. The van der Waals surface area contributed by atoms with Crippen molar-refractivity contribution in [1.82, 2.24) is 10.1 Å². The maximum atomic E-state index is 5.15. The van der Waals surface area contributed by atoms with E-state index in [0.717, 1.165) is 29.1 Å². The Kier molecular flexibility index (Phi) is 2.31. The molecule has 72 valence electrons. The number of hydrogen-bond acceptors (Lipinski definition) is 3. The van der Waals surface area contributed by atoms with Crippen LogP contribution in [0.5, 0.6) is 0 Å². The third kappa shape index (κ3) is 1.41. The molecule has 0 unspecified atom stereocenters. The van der Waals surface area contributed by atoms with E-state index in [-0.39, 0.29) is 0 Å². The molecule has 0 N–H and O–H groups in total. The van der Waals surface area contributed by atoms with Crippen molar-refractivity contribution in [1.29, 1.82) is 0 Å². The Morgan fingerprint density at radius 2 is 2.21 bits per heavy atom. The standard InChI is InChI=1S/C11H12N2O/c1-3-9-8(2)14-13-11(9)10-6-4-5-7-12-10/h4-7H,3H2,1-2H3. The molecule has 0 radical (unpaired) electrons. The van der Waals surface area contributed by atoms with Crippen LogP contribution in [0.2, 0.25) is 0 Å². The van der Waals surface area contributed by atoms with E-state index in [0.29, 0.717) is 0 Å². The van der Waals surface area contributed by atoms with E-state index in [9.17, 15) is 0 Å². The van der Waals surface area contributed by atoms with E-state index in [4.69, 9.17) is 4.52 Å². The normalized spacial score (nSPS) is 10.4. The molecule has 0 aliphatic carbocycles. The second-order valence-corrected chi connectivity index (χ2v) is 3.13. The lowest BCUT2D eigenvalue weighted by Gasteiger charge is -1.97. The Morgan fingerprint density at radius 3 is 2.86 bits per heavy atom. The van der Waals surface area contributed by atoms with Crippen molar-refractivity contribution in [3.63, 3.8) is 0 Å². The zero-order valence-corrected chi connectivity index (χ0v) is 8.32. The smallest absolute Gasteiger partial charge is 0.137 e. The van der Waals surface area contributed by atoms with Crippen LogP contribution in [0.15, 0.2) is 28.9 Å². The minimum atomic E-state index is 0.866. The molecule has 2 aromatic heterocycles. The molecule has 3 nitrogen and oxygen atoms in total. The Bertz CT molecular complexity index is 420. The first-order valence-corrected chi connectivity index (χ1v) is 4.69. The van der Waals surface area contributed by atoms with E-state index in [1.807, 2.05) is 25.1 Å². The number of nitrogens with zero attached hydrogens (tertiary/aromatic N) is 2. The van der Waals surface area contributed by atoms with Gasteiger partial charge in [0.15, 0.2) is 0 Å². The molecule has 2 heterocycles. The van der Waals surface area contributed by atoms with Crippen molar-refractivity contribution in [2.75, 3.05) is 0 Å². The molecule has 0 amide bonds. The Hall–Kier alpha value is -1.64. The second kappa shape index (κ2) is 3.62. The van der Waals surface area contributed by atoms with E-state index < -0.39 is 0 Å². The minimum absolute atomic E-state index is 0.866. The molecule has 0 spiro atoms. The first-order valence-electron chi connectivity index (χ1n) is 4.69. The van der Waals surface area contributed by atoms with Gasteiger partial charge < -0.3 is 4.52 Å². The predicted molar refractivity (Wildman–Crippen MR) is 53.8 cm³/mol. The highest BCUT2D eigenvalue weighted by Crippen LogP contribution is 2.23. The first-order chi connectivity index (χ1) is 6.83. The summed E-state index contributed by atoms with van der Waals surface area (Å²) in [5, 5.41) is 4.02. The van der Waals surface area contributed by atoms with Crippen LogP contribution < -0.4 is 0 Å². The van der Waals surface area contributed by atoms with Crippen molar-refractivity contribution in [3.05, 3.63) is 35.7 Å². The van der Waals surface area contributed by atoms with E-state index >= 15 is 0 Å². The van der Waals surface area contributed by atoms with Crippen LogP contribution in [0, 0.1) is 6.92 Å². The molecule has 0 bridgehead atoms. The lowest BCUT2D eigenvalue weighted by atomic mass is 10.1. The van der Waals surface area contributed by atoms with Gasteiger partial charge in [-0.05, 0) is 25.5 Å². The van der Waals surface area contributed by atoms with Gasteiger partial charge >= 0.3 is 0 Å². The SMILES string of the molecule is CCc1c(-c2ccccn2)noc1C. The number of aryl methyl sites for hydroxylation is 1. The van der Waals surface area contributed by atoms with Crippen LogP contribution in [0.25, 0.3) is 11.4 Å². The Balaban J connectivity index is 2.52. The summed E-state index contributed by atoms with van der Waals surface area (Å²) in [6.45, 7) is 4.02. The van der Waals surface area contributed by atoms with Crippen LogP contribution in [0.1, 0.15) is 18.2 Å². The van der Waals surface area contributed by atoms with Gasteiger partial charge in [-0.25, -0.2) is 0 Å². The number of hydrogen-bond donors (Lipinski definition) is 0. The molecule has 0 atom stereocenters. The topological polar surface area (TPSA) is 38.9 Å². The lowest BCUT2D eigenvalue weighted by Crippen LogP contribution is -1.88. The summed E-state index contributed by atoms with van der Waals surface area (Å²) in [4.78, 5) is 4.25. The molecular formula is C11H12N2O. The van der Waals surface area contributed by atoms with Gasteiger partial charge in [-0.15, -0.1) is 0 Å². The number of pyridine rings is 1. The Morgan fingerprint density at radius 1 is 1.36 bits per heavy atom. The summed E-state index contributed by atoms with van der Waals surface area (Å²) in [7, 11) is 0. The molecule has 3 heteroatoms. The van der Waals surface area contributed by atoms with Gasteiger partial charge in [0.05, 0.1) is 5.69 Å². The van der Waals surface area contributed by atoms with Crippen LogP contribution in [-0.4, -0.2) is 10.1 Å². The van der Waals surface area contributed by atoms with Crippen molar-refractivity contribution in [2.45, 2.75) is 20.3 Å². The predicted octanol–water partition coefficient (Wildman–Crippen LogP) is 2.61. The highest BCUT2D eigenvalue weighted by atomic mass is 16.5. The minimum Gasteiger partial charge on any atom is -0.361 e. The largest absolute Gasteiger partial charge is 0.361 e.